The van der Waals surface area contributed by atoms with Gasteiger partial charge in [0.25, 0.3) is 15.9 Å². The van der Waals surface area contributed by atoms with Crippen molar-refractivity contribution in [3.63, 3.8) is 0 Å². The van der Waals surface area contributed by atoms with Crippen LogP contribution in [0.15, 0.2) is 64.6 Å². The fraction of sp³-hybridized carbons (Fsp3) is 0.259. The maximum atomic E-state index is 13.9. The first kappa shape index (κ1) is 29.9. The molecule has 0 saturated heterocycles. The molecule has 1 N–H and O–H groups in total. The maximum Gasteiger partial charge on any atom is 0.265 e. The summed E-state index contributed by atoms with van der Waals surface area (Å²) < 4.78 is 60.5. The van der Waals surface area contributed by atoms with Crippen molar-refractivity contribution >= 4 is 27.8 Å². The number of carbonyl (C=O) groups is 1. The molecule has 0 heterocycles. The molecule has 0 spiro atoms. The molecule has 3 aromatic carbocycles. The minimum absolute atomic E-state index is 0.0765. The smallest absolute Gasteiger partial charge is 0.265 e. The number of anilines is 1. The lowest BCUT2D eigenvalue weighted by Gasteiger charge is -2.26. The van der Waals surface area contributed by atoms with Crippen LogP contribution in [0.25, 0.3) is 0 Å². The second kappa shape index (κ2) is 13.4. The van der Waals surface area contributed by atoms with Gasteiger partial charge in [0.05, 0.1) is 59.5 Å². The van der Waals surface area contributed by atoms with Gasteiger partial charge in [-0.05, 0) is 36.4 Å². The summed E-state index contributed by atoms with van der Waals surface area (Å²) in [6, 6.07) is 13.8. The zero-order valence-electron chi connectivity index (χ0n) is 23.0. The summed E-state index contributed by atoms with van der Waals surface area (Å²) in [5.74, 6) is 1.42. The molecule has 1 amide bonds. The number of benzene rings is 3. The third-order valence-electron chi connectivity index (χ3n) is 5.72. The first-order valence-corrected chi connectivity index (χ1v) is 13.2. The van der Waals surface area contributed by atoms with Gasteiger partial charge < -0.3 is 28.4 Å². The second-order valence-electron chi connectivity index (χ2n) is 7.97. The Bertz CT molecular complexity index is 1480. The molecular formula is C27H31N3O9S. The number of hydrogen-bond acceptors (Lipinski definition) is 10. The summed E-state index contributed by atoms with van der Waals surface area (Å²) in [5, 5.41) is 3.97. The van der Waals surface area contributed by atoms with Crippen LogP contribution in [0.1, 0.15) is 5.56 Å². The normalized spacial score (nSPS) is 11.1. The minimum atomic E-state index is -4.34. The van der Waals surface area contributed by atoms with Gasteiger partial charge in [0.15, 0.2) is 11.5 Å². The van der Waals surface area contributed by atoms with E-state index in [1.807, 2.05) is 0 Å². The highest BCUT2D eigenvalue weighted by Gasteiger charge is 2.31. The zero-order valence-corrected chi connectivity index (χ0v) is 23.8. The summed E-state index contributed by atoms with van der Waals surface area (Å²) in [6.07, 6.45) is 1.37. The van der Waals surface area contributed by atoms with Crippen molar-refractivity contribution in [3.05, 3.63) is 60.2 Å². The molecule has 3 rings (SSSR count). The summed E-state index contributed by atoms with van der Waals surface area (Å²) in [5.41, 5.74) is 3.00. The first-order chi connectivity index (χ1) is 19.2. The van der Waals surface area contributed by atoms with Gasteiger partial charge in [-0.3, -0.25) is 9.10 Å². The predicted octanol–water partition coefficient (Wildman–Crippen LogP) is 3.08. The van der Waals surface area contributed by atoms with Crippen molar-refractivity contribution in [1.29, 1.82) is 0 Å². The van der Waals surface area contributed by atoms with Crippen molar-refractivity contribution in [2.24, 2.45) is 5.10 Å². The first-order valence-electron chi connectivity index (χ1n) is 11.7. The van der Waals surface area contributed by atoms with E-state index in [0.29, 0.717) is 28.6 Å². The second-order valence-corrected chi connectivity index (χ2v) is 9.83. The number of nitrogens with one attached hydrogen (secondary N) is 1. The van der Waals surface area contributed by atoms with Crippen LogP contribution in [-0.2, 0) is 14.8 Å². The van der Waals surface area contributed by atoms with Gasteiger partial charge >= 0.3 is 0 Å². The van der Waals surface area contributed by atoms with Crippen molar-refractivity contribution in [3.8, 4) is 34.5 Å². The molecule has 0 radical (unpaired) electrons. The number of nitrogens with zero attached hydrogens (tertiary/aromatic N) is 2. The Morgan fingerprint density at radius 3 is 1.98 bits per heavy atom. The third kappa shape index (κ3) is 6.67. The number of hydrogen-bond donors (Lipinski definition) is 1. The molecule has 0 aliphatic rings. The van der Waals surface area contributed by atoms with E-state index in [-0.39, 0.29) is 22.1 Å². The molecular weight excluding hydrogens is 542 g/mol. The Balaban J connectivity index is 1.99. The Hall–Kier alpha value is -4.65. The number of rotatable bonds is 13. The number of hydrazone groups is 1. The third-order valence-corrected chi connectivity index (χ3v) is 7.47. The van der Waals surface area contributed by atoms with Crippen LogP contribution in [0.5, 0.6) is 34.5 Å². The molecule has 0 unspecified atom stereocenters. The van der Waals surface area contributed by atoms with Gasteiger partial charge in [0, 0.05) is 23.8 Å². The molecule has 0 atom stereocenters. The van der Waals surface area contributed by atoms with E-state index in [4.69, 9.17) is 28.4 Å². The van der Waals surface area contributed by atoms with Gasteiger partial charge in [0.1, 0.15) is 29.5 Å². The van der Waals surface area contributed by atoms with Crippen LogP contribution >= 0.6 is 0 Å². The average molecular weight is 574 g/mol. The number of ether oxygens (including phenoxy) is 6. The molecule has 13 heteroatoms. The number of carbonyl (C=O) groups excluding carboxylic acids is 1. The molecule has 0 aliphatic carbocycles. The predicted molar refractivity (Wildman–Crippen MR) is 149 cm³/mol. The van der Waals surface area contributed by atoms with Crippen LogP contribution in [0.3, 0.4) is 0 Å². The average Bonchev–Trinajstić information content (AvgIpc) is 2.98. The molecule has 0 saturated carbocycles. The van der Waals surface area contributed by atoms with Gasteiger partial charge in [0.2, 0.25) is 0 Å². The van der Waals surface area contributed by atoms with E-state index in [2.05, 4.69) is 10.5 Å². The van der Waals surface area contributed by atoms with Crippen LogP contribution in [0.4, 0.5) is 5.69 Å². The molecule has 40 heavy (non-hydrogen) atoms. The van der Waals surface area contributed by atoms with E-state index < -0.39 is 22.5 Å². The van der Waals surface area contributed by atoms with Gasteiger partial charge in [-0.15, -0.1) is 0 Å². The number of sulfonamides is 1. The van der Waals surface area contributed by atoms with Crippen LogP contribution in [0.2, 0.25) is 0 Å². The van der Waals surface area contributed by atoms with E-state index in [1.165, 1.54) is 79.2 Å². The number of amides is 1. The topological polar surface area (TPSA) is 134 Å². The summed E-state index contributed by atoms with van der Waals surface area (Å²) >= 11 is 0. The van der Waals surface area contributed by atoms with Crippen molar-refractivity contribution in [1.82, 2.24) is 5.43 Å². The maximum absolute atomic E-state index is 13.9. The molecule has 12 nitrogen and oxygen atoms in total. The lowest BCUT2D eigenvalue weighted by molar-refractivity contribution is -0.119. The Morgan fingerprint density at radius 2 is 1.35 bits per heavy atom. The van der Waals surface area contributed by atoms with E-state index in [0.717, 1.165) is 4.31 Å². The van der Waals surface area contributed by atoms with Gasteiger partial charge in [-0.25, -0.2) is 13.8 Å². The molecule has 0 aliphatic heterocycles. The Labute approximate surface area is 233 Å². The lowest BCUT2D eigenvalue weighted by atomic mass is 10.2. The summed E-state index contributed by atoms with van der Waals surface area (Å²) in [4.78, 5) is 12.9. The minimum Gasteiger partial charge on any atom is -0.497 e. The van der Waals surface area contributed by atoms with Crippen LogP contribution in [0, 0.1) is 0 Å². The van der Waals surface area contributed by atoms with Gasteiger partial charge in [-0.2, -0.15) is 5.10 Å². The fourth-order valence-corrected chi connectivity index (χ4v) is 5.10. The fourth-order valence-electron chi connectivity index (χ4n) is 3.66. The lowest BCUT2D eigenvalue weighted by Crippen LogP contribution is -2.39. The number of methoxy groups -OCH3 is 6. The quantitative estimate of drug-likeness (QED) is 0.242. The molecule has 0 aromatic heterocycles. The highest BCUT2D eigenvalue weighted by molar-refractivity contribution is 7.92. The summed E-state index contributed by atoms with van der Waals surface area (Å²) in [6.45, 7) is -0.642. The SMILES string of the molecule is COc1ccc(/C=N\NC(=O)CN(c2cc(OC)ccc2OC)S(=O)(=O)c2ccc(OC)c(OC)c2)c(OC)c1. The van der Waals surface area contributed by atoms with E-state index in [1.54, 1.807) is 24.3 Å². The van der Waals surface area contributed by atoms with Crippen molar-refractivity contribution < 1.29 is 41.6 Å². The van der Waals surface area contributed by atoms with Crippen molar-refractivity contribution in [2.45, 2.75) is 4.90 Å². The van der Waals surface area contributed by atoms with Crippen LogP contribution in [-0.4, -0.2) is 69.7 Å². The summed E-state index contributed by atoms with van der Waals surface area (Å²) in [7, 11) is 4.33. The molecule has 0 fully saturated rings. The van der Waals surface area contributed by atoms with E-state index >= 15 is 0 Å². The Morgan fingerprint density at radius 1 is 0.750 bits per heavy atom. The highest BCUT2D eigenvalue weighted by atomic mass is 32.2. The molecule has 214 valence electrons. The Kier molecular flexibility index (Phi) is 10.0. The van der Waals surface area contributed by atoms with Crippen LogP contribution < -0.4 is 38.2 Å². The van der Waals surface area contributed by atoms with E-state index in [9.17, 15) is 13.2 Å². The zero-order chi connectivity index (χ0) is 29.3. The molecule has 0 bridgehead atoms. The standard InChI is InChI=1S/C27H31N3O9S/c1-34-19-9-11-23(36-3)22(13-19)30(40(32,33)21-10-12-24(37-4)26(15-21)39-6)17-27(31)29-28-16-18-7-8-20(35-2)14-25(18)38-5/h7-16H,17H2,1-6H3,(H,29,31)/b28-16-. The van der Waals surface area contributed by atoms with Gasteiger partial charge in [-0.1, -0.05) is 0 Å². The largest absolute Gasteiger partial charge is 0.497 e. The monoisotopic (exact) mass is 573 g/mol. The highest BCUT2D eigenvalue weighted by Crippen LogP contribution is 2.37. The molecule has 3 aromatic rings. The van der Waals surface area contributed by atoms with Crippen molar-refractivity contribution in [2.75, 3.05) is 53.5 Å².